The minimum absolute atomic E-state index is 0.0414. The molecule has 6 heteroatoms. The molecule has 0 unspecified atom stereocenters. The van der Waals surface area contributed by atoms with Gasteiger partial charge in [-0.3, -0.25) is 10.1 Å². The zero-order valence-electron chi connectivity index (χ0n) is 14.2. The number of nitrogens with two attached hydrogens (primary N) is 1. The molecule has 2 N–H and O–H groups in total. The third kappa shape index (κ3) is 3.41. The van der Waals surface area contributed by atoms with E-state index in [1.165, 1.54) is 12.1 Å². The summed E-state index contributed by atoms with van der Waals surface area (Å²) in [7, 11) is 0. The lowest BCUT2D eigenvalue weighted by atomic mass is 10.0. The lowest BCUT2D eigenvalue weighted by Gasteiger charge is -2.09. The van der Waals surface area contributed by atoms with Crippen molar-refractivity contribution in [3.05, 3.63) is 89.2 Å². The smallest absolute Gasteiger partial charge is 0.269 e. The number of pyridine rings is 1. The van der Waals surface area contributed by atoms with Crippen LogP contribution < -0.4 is 5.73 Å². The van der Waals surface area contributed by atoms with Crippen LogP contribution >= 0.6 is 0 Å². The van der Waals surface area contributed by atoms with Crippen molar-refractivity contribution in [1.82, 2.24) is 4.98 Å². The average molecular weight is 357 g/mol. The van der Waals surface area contributed by atoms with E-state index in [0.717, 1.165) is 16.7 Å². The topological polar surface area (TPSA) is 95.2 Å². The summed E-state index contributed by atoms with van der Waals surface area (Å²) in [4.78, 5) is 15.1. The summed E-state index contributed by atoms with van der Waals surface area (Å²) in [5.41, 5.74) is 10.6. The Hall–Kier alpha value is -3.93. The molecule has 4 aromatic rings. The summed E-state index contributed by atoms with van der Waals surface area (Å²) < 4.78 is 5.50. The number of benzene rings is 2. The maximum absolute atomic E-state index is 10.9. The van der Waals surface area contributed by atoms with Crippen molar-refractivity contribution >= 4 is 11.4 Å². The van der Waals surface area contributed by atoms with Crippen molar-refractivity contribution in [2.75, 3.05) is 5.73 Å². The molecule has 0 amide bonds. The van der Waals surface area contributed by atoms with Crippen LogP contribution in [0, 0.1) is 10.1 Å². The van der Waals surface area contributed by atoms with Crippen molar-refractivity contribution in [3.8, 4) is 33.8 Å². The minimum Gasteiger partial charge on any atom is -0.463 e. The van der Waals surface area contributed by atoms with Gasteiger partial charge in [-0.15, -0.1) is 0 Å². The van der Waals surface area contributed by atoms with E-state index in [2.05, 4.69) is 4.98 Å². The molecule has 0 spiro atoms. The summed E-state index contributed by atoms with van der Waals surface area (Å²) in [5.74, 6) is 0.649. The lowest BCUT2D eigenvalue weighted by Crippen LogP contribution is -1.92. The summed E-state index contributed by atoms with van der Waals surface area (Å²) in [6, 6.07) is 21.4. The van der Waals surface area contributed by atoms with Crippen LogP contribution in [0.4, 0.5) is 11.4 Å². The van der Waals surface area contributed by atoms with Crippen LogP contribution in [-0.4, -0.2) is 9.91 Å². The van der Waals surface area contributed by atoms with Crippen molar-refractivity contribution in [1.29, 1.82) is 0 Å². The van der Waals surface area contributed by atoms with Crippen molar-refractivity contribution in [2.24, 2.45) is 0 Å². The Kier molecular flexibility index (Phi) is 4.14. The first-order valence-electron chi connectivity index (χ1n) is 8.27. The van der Waals surface area contributed by atoms with Gasteiger partial charge in [0.25, 0.3) is 5.69 Å². The van der Waals surface area contributed by atoms with Crippen LogP contribution in [0.5, 0.6) is 0 Å². The van der Waals surface area contributed by atoms with Gasteiger partial charge in [-0.05, 0) is 59.7 Å². The number of rotatable bonds is 4. The number of hydrogen-bond acceptors (Lipinski definition) is 5. The predicted octanol–water partition coefficient (Wildman–Crippen LogP) is 5.17. The standard InChI is InChI=1S/C21H15N3O3/c22-17-7-3-14(4-8-17)16-12-19(15-5-9-18(10-6-15)24(25)26)23-20(13-16)21-2-1-11-27-21/h1-13H,22H2. The number of non-ortho nitro benzene ring substituents is 1. The Labute approximate surface area is 155 Å². The molecule has 0 aliphatic rings. The van der Waals surface area contributed by atoms with Crippen LogP contribution in [0.25, 0.3) is 33.8 Å². The number of furan rings is 1. The SMILES string of the molecule is Nc1ccc(-c2cc(-c3ccc([N+](=O)[O-])cc3)nc(-c3ccco3)c2)cc1. The molecule has 2 aromatic carbocycles. The predicted molar refractivity (Wildman–Crippen MR) is 104 cm³/mol. The molecule has 0 fully saturated rings. The average Bonchev–Trinajstić information content (AvgIpc) is 3.23. The van der Waals surface area contributed by atoms with Gasteiger partial charge in [0.1, 0.15) is 5.69 Å². The normalized spacial score (nSPS) is 10.7. The van der Waals surface area contributed by atoms with Crippen molar-refractivity contribution in [2.45, 2.75) is 0 Å². The first-order valence-corrected chi connectivity index (χ1v) is 8.27. The van der Waals surface area contributed by atoms with Crippen LogP contribution in [-0.2, 0) is 0 Å². The number of nitro benzene ring substituents is 1. The van der Waals surface area contributed by atoms with Gasteiger partial charge >= 0.3 is 0 Å². The van der Waals surface area contributed by atoms with Crippen molar-refractivity contribution < 1.29 is 9.34 Å². The first kappa shape index (κ1) is 16.5. The summed E-state index contributed by atoms with van der Waals surface area (Å²) in [6.07, 6.45) is 1.60. The molecular formula is C21H15N3O3. The van der Waals surface area contributed by atoms with Crippen LogP contribution in [0.3, 0.4) is 0 Å². The van der Waals surface area contributed by atoms with E-state index in [1.54, 1.807) is 24.5 Å². The zero-order valence-corrected chi connectivity index (χ0v) is 14.2. The van der Waals surface area contributed by atoms with Gasteiger partial charge in [-0.25, -0.2) is 4.98 Å². The molecule has 0 atom stereocenters. The molecule has 2 aromatic heterocycles. The highest BCUT2D eigenvalue weighted by molar-refractivity contribution is 5.76. The highest BCUT2D eigenvalue weighted by Crippen LogP contribution is 2.31. The number of aromatic nitrogens is 1. The Morgan fingerprint density at radius 2 is 1.52 bits per heavy atom. The van der Waals surface area contributed by atoms with Crippen molar-refractivity contribution in [3.63, 3.8) is 0 Å². The van der Waals surface area contributed by atoms with Crippen LogP contribution in [0.1, 0.15) is 0 Å². The second kappa shape index (κ2) is 6.76. The van der Waals surface area contributed by atoms with E-state index < -0.39 is 4.92 Å². The fourth-order valence-corrected chi connectivity index (χ4v) is 2.83. The molecule has 0 bridgehead atoms. The van der Waals surface area contributed by atoms with Gasteiger partial charge in [0, 0.05) is 23.4 Å². The van der Waals surface area contributed by atoms with E-state index in [4.69, 9.17) is 10.2 Å². The molecule has 0 aliphatic heterocycles. The number of hydrogen-bond donors (Lipinski definition) is 1. The van der Waals surface area contributed by atoms with Gasteiger partial charge in [0.2, 0.25) is 0 Å². The largest absolute Gasteiger partial charge is 0.463 e. The number of anilines is 1. The van der Waals surface area contributed by atoms with Crippen LogP contribution in [0.15, 0.2) is 83.5 Å². The highest BCUT2D eigenvalue weighted by Gasteiger charge is 2.12. The molecule has 4 rings (SSSR count). The minimum atomic E-state index is -0.420. The van der Waals surface area contributed by atoms with Gasteiger partial charge in [-0.1, -0.05) is 12.1 Å². The van der Waals surface area contributed by atoms with Gasteiger partial charge in [0.05, 0.1) is 16.9 Å². The van der Waals surface area contributed by atoms with E-state index >= 15 is 0 Å². The monoisotopic (exact) mass is 357 g/mol. The molecule has 27 heavy (non-hydrogen) atoms. The van der Waals surface area contributed by atoms with E-state index in [1.807, 2.05) is 42.5 Å². The zero-order chi connectivity index (χ0) is 18.8. The lowest BCUT2D eigenvalue weighted by molar-refractivity contribution is -0.384. The molecule has 0 saturated carbocycles. The maximum Gasteiger partial charge on any atom is 0.269 e. The van der Waals surface area contributed by atoms with E-state index in [-0.39, 0.29) is 5.69 Å². The summed E-state index contributed by atoms with van der Waals surface area (Å²) in [6.45, 7) is 0. The fourth-order valence-electron chi connectivity index (χ4n) is 2.83. The van der Waals surface area contributed by atoms with E-state index in [0.29, 0.717) is 22.8 Å². The number of nitro groups is 1. The Bertz CT molecular complexity index is 1090. The second-order valence-corrected chi connectivity index (χ2v) is 6.03. The molecule has 132 valence electrons. The Morgan fingerprint density at radius 3 is 2.15 bits per heavy atom. The second-order valence-electron chi connectivity index (χ2n) is 6.03. The van der Waals surface area contributed by atoms with Gasteiger partial charge < -0.3 is 10.2 Å². The Morgan fingerprint density at radius 1 is 0.852 bits per heavy atom. The number of nitrogen functional groups attached to an aromatic ring is 1. The third-order valence-corrected chi connectivity index (χ3v) is 4.22. The first-order chi connectivity index (χ1) is 13.1. The van der Waals surface area contributed by atoms with Crippen LogP contribution in [0.2, 0.25) is 0 Å². The summed E-state index contributed by atoms with van der Waals surface area (Å²) >= 11 is 0. The molecule has 0 aliphatic carbocycles. The van der Waals surface area contributed by atoms with Gasteiger partial charge in [-0.2, -0.15) is 0 Å². The fraction of sp³-hybridized carbons (Fsp3) is 0. The number of nitrogens with zero attached hydrogens (tertiary/aromatic N) is 2. The highest BCUT2D eigenvalue weighted by atomic mass is 16.6. The third-order valence-electron chi connectivity index (χ3n) is 4.22. The molecule has 0 radical (unpaired) electrons. The Balaban J connectivity index is 1.85. The quantitative estimate of drug-likeness (QED) is 0.309. The molecule has 0 saturated heterocycles. The maximum atomic E-state index is 10.9. The van der Waals surface area contributed by atoms with E-state index in [9.17, 15) is 10.1 Å². The molecular weight excluding hydrogens is 342 g/mol. The summed E-state index contributed by atoms with van der Waals surface area (Å²) in [5, 5.41) is 10.9. The molecule has 2 heterocycles. The molecule has 6 nitrogen and oxygen atoms in total. The van der Waals surface area contributed by atoms with Gasteiger partial charge in [0.15, 0.2) is 5.76 Å².